The van der Waals surface area contributed by atoms with Gasteiger partial charge in [0.25, 0.3) is 0 Å². The van der Waals surface area contributed by atoms with Crippen LogP contribution in [0.1, 0.15) is 19.8 Å². The van der Waals surface area contributed by atoms with E-state index in [0.717, 1.165) is 0 Å². The summed E-state index contributed by atoms with van der Waals surface area (Å²) in [7, 11) is -3.71. The largest absolute Gasteiger partial charge is 0.394 e. The summed E-state index contributed by atoms with van der Waals surface area (Å²) >= 11 is 5.81. The Labute approximate surface area is 163 Å². The van der Waals surface area contributed by atoms with Crippen molar-refractivity contribution in [2.45, 2.75) is 30.7 Å². The quantitative estimate of drug-likeness (QED) is 0.592. The molecule has 0 spiro atoms. The molecule has 0 bridgehead atoms. The van der Waals surface area contributed by atoms with E-state index < -0.39 is 27.9 Å². The highest BCUT2D eigenvalue weighted by Crippen LogP contribution is 2.24. The minimum absolute atomic E-state index is 0.0610. The minimum atomic E-state index is -3.71. The van der Waals surface area contributed by atoms with Crippen LogP contribution in [0.5, 0.6) is 0 Å². The van der Waals surface area contributed by atoms with Crippen LogP contribution in [0.25, 0.3) is 0 Å². The fourth-order valence-corrected chi connectivity index (χ4v) is 4.46. The van der Waals surface area contributed by atoms with Crippen LogP contribution in [-0.2, 0) is 19.6 Å². The van der Waals surface area contributed by atoms with Crippen molar-refractivity contribution in [2.75, 3.05) is 26.2 Å². The van der Waals surface area contributed by atoms with Gasteiger partial charge in [0.1, 0.15) is 0 Å². The van der Waals surface area contributed by atoms with Crippen molar-refractivity contribution in [1.82, 2.24) is 14.9 Å². The summed E-state index contributed by atoms with van der Waals surface area (Å²) in [4.78, 5) is 24.1. The van der Waals surface area contributed by atoms with E-state index in [1.54, 1.807) is 6.92 Å². The molecule has 0 radical (unpaired) electrons. The average Bonchev–Trinajstić information content (AvgIpc) is 2.66. The lowest BCUT2D eigenvalue weighted by atomic mass is 9.99. The van der Waals surface area contributed by atoms with E-state index in [1.807, 2.05) is 0 Å². The first-order valence-electron chi connectivity index (χ1n) is 8.67. The van der Waals surface area contributed by atoms with E-state index >= 15 is 0 Å². The van der Waals surface area contributed by atoms with Gasteiger partial charge in [0.15, 0.2) is 0 Å². The van der Waals surface area contributed by atoms with Crippen LogP contribution in [0, 0.1) is 5.92 Å². The molecule has 150 valence electrons. The molecule has 3 N–H and O–H groups in total. The van der Waals surface area contributed by atoms with Gasteiger partial charge < -0.3 is 15.7 Å². The number of nitrogens with one attached hydrogen (secondary N) is 2. The lowest BCUT2D eigenvalue weighted by Crippen LogP contribution is -2.48. The minimum Gasteiger partial charge on any atom is -0.394 e. The second-order valence-corrected chi connectivity index (χ2v) is 8.90. The molecule has 10 heteroatoms. The van der Waals surface area contributed by atoms with E-state index in [2.05, 4.69) is 10.6 Å². The first kappa shape index (κ1) is 21.6. The van der Waals surface area contributed by atoms with Gasteiger partial charge in [0.2, 0.25) is 21.8 Å². The Morgan fingerprint density at radius 1 is 1.33 bits per heavy atom. The highest BCUT2D eigenvalue weighted by molar-refractivity contribution is 7.89. The number of carbonyl (C=O) groups excluding carboxylic acids is 2. The molecule has 1 heterocycles. The van der Waals surface area contributed by atoms with Crippen molar-refractivity contribution in [1.29, 1.82) is 0 Å². The van der Waals surface area contributed by atoms with Crippen LogP contribution in [-0.4, -0.2) is 61.9 Å². The van der Waals surface area contributed by atoms with Gasteiger partial charge in [-0.1, -0.05) is 11.6 Å². The highest BCUT2D eigenvalue weighted by atomic mass is 35.5. The van der Waals surface area contributed by atoms with Crippen molar-refractivity contribution < 1.29 is 23.1 Å². The topological polar surface area (TPSA) is 116 Å². The zero-order valence-corrected chi connectivity index (χ0v) is 16.6. The van der Waals surface area contributed by atoms with E-state index in [4.69, 9.17) is 16.7 Å². The van der Waals surface area contributed by atoms with E-state index in [9.17, 15) is 18.0 Å². The van der Waals surface area contributed by atoms with Crippen LogP contribution in [0.3, 0.4) is 0 Å². The third kappa shape index (κ3) is 5.90. The second-order valence-electron chi connectivity index (χ2n) is 6.53. The second kappa shape index (κ2) is 9.50. The SMILES string of the molecule is C[C@@H](CO)NC(=O)CNC(=O)[C@@H]1CCCN(S(=O)(=O)c2ccc(Cl)cc2)C1. The number of carbonyl (C=O) groups is 2. The zero-order valence-electron chi connectivity index (χ0n) is 15.0. The summed E-state index contributed by atoms with van der Waals surface area (Å²) in [5.41, 5.74) is 0. The van der Waals surface area contributed by atoms with Crippen LogP contribution in [0.15, 0.2) is 29.2 Å². The highest BCUT2D eigenvalue weighted by Gasteiger charge is 2.33. The fraction of sp³-hybridized carbons (Fsp3) is 0.529. The standard InChI is InChI=1S/C17H24ClN3O5S/c1-12(11-22)20-16(23)9-19-17(24)13-3-2-8-21(10-13)27(25,26)15-6-4-14(18)5-7-15/h4-7,12-13,22H,2-3,8-11H2,1H3,(H,19,24)(H,20,23)/t12-,13+/m0/s1. The number of hydrogen-bond donors (Lipinski definition) is 3. The number of hydrogen-bond acceptors (Lipinski definition) is 5. The third-order valence-electron chi connectivity index (χ3n) is 4.31. The van der Waals surface area contributed by atoms with Gasteiger partial charge in [-0.25, -0.2) is 8.42 Å². The molecule has 2 atom stereocenters. The van der Waals surface area contributed by atoms with Gasteiger partial charge >= 0.3 is 0 Å². The number of benzene rings is 1. The molecule has 1 aliphatic heterocycles. The maximum atomic E-state index is 12.8. The van der Waals surface area contributed by atoms with Gasteiger partial charge in [-0.3, -0.25) is 9.59 Å². The van der Waals surface area contributed by atoms with E-state index in [0.29, 0.717) is 24.4 Å². The lowest BCUT2D eigenvalue weighted by molar-refractivity contribution is -0.129. The average molecular weight is 418 g/mol. The molecule has 0 unspecified atom stereocenters. The van der Waals surface area contributed by atoms with Crippen molar-refractivity contribution in [2.24, 2.45) is 5.92 Å². The monoisotopic (exact) mass is 417 g/mol. The van der Waals surface area contributed by atoms with Crippen LogP contribution in [0.2, 0.25) is 5.02 Å². The molecule has 8 nitrogen and oxygen atoms in total. The molecule has 2 rings (SSSR count). The number of aliphatic hydroxyl groups excluding tert-OH is 1. The summed E-state index contributed by atoms with van der Waals surface area (Å²) in [6.07, 6.45) is 1.10. The fourth-order valence-electron chi connectivity index (χ4n) is 2.81. The van der Waals surface area contributed by atoms with Crippen LogP contribution in [0.4, 0.5) is 0 Å². The molecule has 0 aliphatic carbocycles. The number of piperidine rings is 1. The van der Waals surface area contributed by atoms with E-state index in [-0.39, 0.29) is 30.5 Å². The summed E-state index contributed by atoms with van der Waals surface area (Å²) < 4.78 is 26.8. The predicted molar refractivity (Wildman–Crippen MR) is 101 cm³/mol. The molecule has 1 aromatic rings. The number of sulfonamides is 1. The molecule has 2 amide bonds. The lowest BCUT2D eigenvalue weighted by Gasteiger charge is -2.31. The van der Waals surface area contributed by atoms with Crippen molar-refractivity contribution in [3.05, 3.63) is 29.3 Å². The molecular formula is C17H24ClN3O5S. The summed E-state index contributed by atoms with van der Waals surface area (Å²) in [5.74, 6) is -1.30. The van der Waals surface area contributed by atoms with Crippen molar-refractivity contribution in [3.8, 4) is 0 Å². The van der Waals surface area contributed by atoms with Gasteiger partial charge in [-0.2, -0.15) is 4.31 Å². The first-order valence-corrected chi connectivity index (χ1v) is 10.5. The smallest absolute Gasteiger partial charge is 0.243 e. The Morgan fingerprint density at radius 2 is 2.00 bits per heavy atom. The third-order valence-corrected chi connectivity index (χ3v) is 6.44. The maximum absolute atomic E-state index is 12.8. The van der Waals surface area contributed by atoms with Crippen LogP contribution >= 0.6 is 11.6 Å². The Balaban J connectivity index is 1.95. The summed E-state index contributed by atoms with van der Waals surface area (Å²) in [6.45, 7) is 1.62. The molecule has 1 aliphatic rings. The van der Waals surface area contributed by atoms with Crippen molar-refractivity contribution in [3.63, 3.8) is 0 Å². The predicted octanol–water partition coefficient (Wildman–Crippen LogP) is 0.354. The molecular weight excluding hydrogens is 394 g/mol. The number of rotatable bonds is 7. The molecule has 0 aromatic heterocycles. The molecule has 1 saturated heterocycles. The number of halogens is 1. The van der Waals surface area contributed by atoms with Crippen LogP contribution < -0.4 is 10.6 Å². The first-order chi connectivity index (χ1) is 12.7. The van der Waals surface area contributed by atoms with Gasteiger partial charge in [-0.05, 0) is 44.0 Å². The normalized spacial score (nSPS) is 19.3. The summed E-state index contributed by atoms with van der Waals surface area (Å²) in [5, 5.41) is 14.4. The van der Waals surface area contributed by atoms with Crippen molar-refractivity contribution >= 4 is 33.4 Å². The number of aliphatic hydroxyl groups is 1. The van der Waals surface area contributed by atoms with Gasteiger partial charge in [0, 0.05) is 24.2 Å². The molecule has 0 saturated carbocycles. The summed E-state index contributed by atoms with van der Waals surface area (Å²) in [6, 6.07) is 5.50. The molecule has 1 fully saturated rings. The molecule has 1 aromatic carbocycles. The Kier molecular flexibility index (Phi) is 7.60. The molecule has 27 heavy (non-hydrogen) atoms. The number of amides is 2. The Bertz CT molecular complexity index is 769. The Morgan fingerprint density at radius 3 is 2.63 bits per heavy atom. The maximum Gasteiger partial charge on any atom is 0.243 e. The Hall–Kier alpha value is -1.68. The van der Waals surface area contributed by atoms with Gasteiger partial charge in [-0.15, -0.1) is 0 Å². The van der Waals surface area contributed by atoms with E-state index in [1.165, 1.54) is 28.6 Å². The zero-order chi connectivity index (χ0) is 20.0. The van der Waals surface area contributed by atoms with Gasteiger partial charge in [0.05, 0.1) is 24.0 Å². The number of nitrogens with zero attached hydrogens (tertiary/aromatic N) is 1.